The van der Waals surface area contributed by atoms with E-state index in [0.717, 1.165) is 61.0 Å². The summed E-state index contributed by atoms with van der Waals surface area (Å²) in [5.74, 6) is 1.53. The average Bonchev–Trinajstić information content (AvgIpc) is 3.17. The minimum absolute atomic E-state index is 0.227. The molecule has 5 heteroatoms. The van der Waals surface area contributed by atoms with E-state index in [4.69, 9.17) is 4.74 Å². The molecule has 1 N–H and O–H groups in total. The van der Waals surface area contributed by atoms with Crippen molar-refractivity contribution in [2.45, 2.75) is 76.9 Å². The molecule has 0 aliphatic heterocycles. The second kappa shape index (κ2) is 7.28. The van der Waals surface area contributed by atoms with Gasteiger partial charge in [-0.1, -0.05) is 19.1 Å². The molecule has 1 saturated carbocycles. The predicted molar refractivity (Wildman–Crippen MR) is 106 cm³/mol. The first kappa shape index (κ1) is 17.9. The molecule has 0 saturated heterocycles. The first-order valence-electron chi connectivity index (χ1n) is 9.80. The summed E-state index contributed by atoms with van der Waals surface area (Å²) < 4.78 is 6.37. The monoisotopic (exact) mass is 372 g/mol. The van der Waals surface area contributed by atoms with Crippen LogP contribution in [-0.4, -0.2) is 27.3 Å². The maximum Gasteiger partial charge on any atom is 0.225 e. The Labute approximate surface area is 159 Å². The van der Waals surface area contributed by atoms with Gasteiger partial charge in [-0.2, -0.15) is 0 Å². The summed E-state index contributed by atoms with van der Waals surface area (Å²) in [4.78, 5) is 11.5. The smallest absolute Gasteiger partial charge is 0.225 e. The normalized spacial score (nSPS) is 23.2. The van der Waals surface area contributed by atoms with Gasteiger partial charge in [-0.15, -0.1) is 11.3 Å². The third-order valence-electron chi connectivity index (χ3n) is 6.09. The molecule has 1 unspecified atom stereocenters. The largest absolute Gasteiger partial charge is 0.474 e. The molecule has 2 aliphatic carbocycles. The van der Waals surface area contributed by atoms with Crippen molar-refractivity contribution in [3.05, 3.63) is 28.9 Å². The molecule has 2 aromatic rings. The Balaban J connectivity index is 1.64. The number of nitrogens with zero attached hydrogens (tertiary/aromatic N) is 2. The van der Waals surface area contributed by atoms with E-state index in [9.17, 15) is 5.11 Å². The fourth-order valence-corrected chi connectivity index (χ4v) is 5.52. The number of rotatable bonds is 5. The molecular formula is C21H28N2O2S. The van der Waals surface area contributed by atoms with Gasteiger partial charge in [0.15, 0.2) is 0 Å². The van der Waals surface area contributed by atoms with Crippen molar-refractivity contribution in [3.8, 4) is 5.88 Å². The van der Waals surface area contributed by atoms with E-state index in [1.165, 1.54) is 16.0 Å². The Kier molecular flexibility index (Phi) is 5.02. The number of hydrogen-bond acceptors (Lipinski definition) is 5. The van der Waals surface area contributed by atoms with Gasteiger partial charge in [0.05, 0.1) is 11.5 Å². The Morgan fingerprint density at radius 3 is 2.73 bits per heavy atom. The van der Waals surface area contributed by atoms with Crippen LogP contribution in [0.3, 0.4) is 0 Å². The minimum atomic E-state index is -0.272. The Morgan fingerprint density at radius 2 is 2.00 bits per heavy atom. The highest BCUT2D eigenvalue weighted by atomic mass is 32.1. The zero-order valence-corrected chi connectivity index (χ0v) is 16.5. The number of aromatic nitrogens is 2. The maximum atomic E-state index is 9.93. The van der Waals surface area contributed by atoms with Crippen LogP contribution < -0.4 is 4.74 Å². The topological polar surface area (TPSA) is 55.2 Å². The Hall–Kier alpha value is -1.46. The molecular weight excluding hydrogens is 344 g/mol. The highest BCUT2D eigenvalue weighted by Crippen LogP contribution is 2.48. The van der Waals surface area contributed by atoms with Gasteiger partial charge in [0.2, 0.25) is 5.88 Å². The number of ether oxygens (including phenoxy) is 1. The van der Waals surface area contributed by atoms with E-state index in [2.05, 4.69) is 23.5 Å². The molecule has 4 nitrogen and oxygen atoms in total. The van der Waals surface area contributed by atoms with Gasteiger partial charge >= 0.3 is 0 Å². The van der Waals surface area contributed by atoms with Crippen molar-refractivity contribution in [3.63, 3.8) is 0 Å². The fraction of sp³-hybridized carbons (Fsp3) is 0.619. The highest BCUT2D eigenvalue weighted by Gasteiger charge is 2.32. The molecule has 0 aromatic carbocycles. The van der Waals surface area contributed by atoms with Gasteiger partial charge in [-0.25, -0.2) is 9.97 Å². The van der Waals surface area contributed by atoms with Crippen molar-refractivity contribution in [1.82, 2.24) is 9.97 Å². The van der Waals surface area contributed by atoms with Crippen molar-refractivity contribution >= 4 is 21.6 Å². The molecule has 26 heavy (non-hydrogen) atoms. The van der Waals surface area contributed by atoms with Gasteiger partial charge in [0.25, 0.3) is 0 Å². The highest BCUT2D eigenvalue weighted by molar-refractivity contribution is 7.19. The molecule has 2 aliphatic rings. The number of aryl methyl sites for hydroxylation is 1. The van der Waals surface area contributed by atoms with Gasteiger partial charge in [-0.3, -0.25) is 0 Å². The van der Waals surface area contributed by atoms with E-state index in [1.807, 2.05) is 6.92 Å². The number of hydrogen-bond donors (Lipinski definition) is 1. The van der Waals surface area contributed by atoms with Crippen LogP contribution in [0.25, 0.3) is 10.2 Å². The number of aliphatic hydroxyl groups excluding tert-OH is 1. The maximum absolute atomic E-state index is 9.93. The van der Waals surface area contributed by atoms with Crippen LogP contribution in [0.4, 0.5) is 0 Å². The van der Waals surface area contributed by atoms with E-state index in [-0.39, 0.29) is 12.2 Å². The first-order chi connectivity index (χ1) is 12.5. The molecule has 1 fully saturated rings. The van der Waals surface area contributed by atoms with Crippen LogP contribution in [0.15, 0.2) is 18.5 Å². The van der Waals surface area contributed by atoms with E-state index < -0.39 is 0 Å². The number of fused-ring (bicyclic) bond motifs is 3. The summed E-state index contributed by atoms with van der Waals surface area (Å²) in [7, 11) is 0. The second-order valence-electron chi connectivity index (χ2n) is 8.05. The van der Waals surface area contributed by atoms with Crippen molar-refractivity contribution in [2.75, 3.05) is 0 Å². The lowest BCUT2D eigenvalue weighted by Crippen LogP contribution is -2.21. The summed E-state index contributed by atoms with van der Waals surface area (Å²) in [6.07, 6.45) is 9.02. The van der Waals surface area contributed by atoms with Crippen LogP contribution in [0.1, 0.15) is 68.7 Å². The number of aliphatic hydroxyl groups is 1. The molecule has 2 aromatic heterocycles. The second-order valence-corrected chi connectivity index (χ2v) is 9.14. The van der Waals surface area contributed by atoms with Crippen LogP contribution in [0, 0.1) is 5.92 Å². The standard InChI is InChI=1S/C21H28N2O2S/c1-12-4-7-16(8-5-12)25-20-19-18-15(10-13(2)14(3)24)6-9-17(18)26-21(19)23-11-22-20/h11,13-16,24H,1,4-10H2,2-3H3/t13?,14-,15-/m1/s1. The van der Waals surface area contributed by atoms with Gasteiger partial charge in [0, 0.05) is 4.88 Å². The van der Waals surface area contributed by atoms with E-state index in [0.29, 0.717) is 11.8 Å². The third-order valence-corrected chi connectivity index (χ3v) is 7.27. The van der Waals surface area contributed by atoms with E-state index >= 15 is 0 Å². The summed E-state index contributed by atoms with van der Waals surface area (Å²) in [6, 6.07) is 0. The summed E-state index contributed by atoms with van der Waals surface area (Å²) >= 11 is 1.79. The summed E-state index contributed by atoms with van der Waals surface area (Å²) in [6.45, 7) is 8.12. The number of thiophene rings is 1. The molecule has 140 valence electrons. The molecule has 0 bridgehead atoms. The van der Waals surface area contributed by atoms with Crippen LogP contribution in [-0.2, 0) is 6.42 Å². The molecule has 3 atom stereocenters. The lowest BCUT2D eigenvalue weighted by molar-refractivity contribution is 0.125. The van der Waals surface area contributed by atoms with Crippen molar-refractivity contribution < 1.29 is 9.84 Å². The fourth-order valence-electron chi connectivity index (χ4n) is 4.29. The van der Waals surface area contributed by atoms with E-state index in [1.54, 1.807) is 17.7 Å². The lowest BCUT2D eigenvalue weighted by Gasteiger charge is -2.24. The number of allylic oxidation sites excluding steroid dienone is 1. The third kappa shape index (κ3) is 3.39. The average molecular weight is 373 g/mol. The van der Waals surface area contributed by atoms with Crippen LogP contribution in [0.5, 0.6) is 5.88 Å². The van der Waals surface area contributed by atoms with Crippen LogP contribution >= 0.6 is 11.3 Å². The predicted octanol–water partition coefficient (Wildman–Crippen LogP) is 5.01. The zero-order chi connectivity index (χ0) is 18.3. The molecule has 4 rings (SSSR count). The lowest BCUT2D eigenvalue weighted by atomic mass is 9.88. The molecule has 0 spiro atoms. The summed E-state index contributed by atoms with van der Waals surface area (Å²) in [5, 5.41) is 11.1. The SMILES string of the molecule is C=C1CCC(Oc2ncnc3sc4c(c23)[C@@H](CC(C)[C@@H](C)O)CC4)CC1. The molecule has 0 radical (unpaired) electrons. The summed E-state index contributed by atoms with van der Waals surface area (Å²) in [5.41, 5.74) is 2.73. The Morgan fingerprint density at radius 1 is 1.23 bits per heavy atom. The van der Waals surface area contributed by atoms with Gasteiger partial charge < -0.3 is 9.84 Å². The first-order valence-corrected chi connectivity index (χ1v) is 10.6. The molecule has 2 heterocycles. The van der Waals surface area contributed by atoms with Gasteiger partial charge in [0.1, 0.15) is 17.3 Å². The molecule has 0 amide bonds. The van der Waals surface area contributed by atoms with Crippen LogP contribution in [0.2, 0.25) is 0 Å². The van der Waals surface area contributed by atoms with Crippen molar-refractivity contribution in [1.29, 1.82) is 0 Å². The minimum Gasteiger partial charge on any atom is -0.474 e. The Bertz CT molecular complexity index is 804. The quantitative estimate of drug-likeness (QED) is 0.750. The zero-order valence-electron chi connectivity index (χ0n) is 15.7. The van der Waals surface area contributed by atoms with Crippen molar-refractivity contribution in [2.24, 2.45) is 5.92 Å². The van der Waals surface area contributed by atoms with Gasteiger partial charge in [-0.05, 0) is 69.3 Å².